The van der Waals surface area contributed by atoms with Crippen LogP contribution in [0.5, 0.6) is 0 Å². The van der Waals surface area contributed by atoms with Gasteiger partial charge in [0.15, 0.2) is 0 Å². The number of hydrogen-bond donors (Lipinski definition) is 3. The molecule has 2 amide bonds. The van der Waals surface area contributed by atoms with Crippen LogP contribution in [0.4, 0.5) is 20.6 Å². The minimum Gasteiger partial charge on any atom is -0.381 e. The van der Waals surface area contributed by atoms with Gasteiger partial charge in [0.05, 0.1) is 0 Å². The molecule has 21 heavy (non-hydrogen) atoms. The lowest BCUT2D eigenvalue weighted by molar-refractivity contribution is 0.254. The lowest BCUT2D eigenvalue weighted by atomic mass is 10.1. The molecule has 3 N–H and O–H groups in total. The van der Waals surface area contributed by atoms with Crippen LogP contribution < -0.4 is 16.0 Å². The Hall–Kier alpha value is -2.56. The van der Waals surface area contributed by atoms with Gasteiger partial charge in [-0.2, -0.15) is 0 Å². The Labute approximate surface area is 123 Å². The number of nitrogens with one attached hydrogen (secondary N) is 3. The molecule has 2 rings (SSSR count). The van der Waals surface area contributed by atoms with Crippen LogP contribution in [0.2, 0.25) is 0 Å². The lowest BCUT2D eigenvalue weighted by Gasteiger charge is -2.09. The van der Waals surface area contributed by atoms with Crippen molar-refractivity contribution in [3.63, 3.8) is 0 Å². The van der Waals surface area contributed by atoms with Crippen LogP contribution in [0, 0.1) is 12.7 Å². The van der Waals surface area contributed by atoms with Gasteiger partial charge in [-0.05, 0) is 48.4 Å². The molecule has 4 nitrogen and oxygen atoms in total. The first-order chi connectivity index (χ1) is 10.1. The van der Waals surface area contributed by atoms with Gasteiger partial charge >= 0.3 is 6.03 Å². The van der Waals surface area contributed by atoms with Gasteiger partial charge in [0, 0.05) is 25.0 Å². The molecule has 0 aliphatic heterocycles. The van der Waals surface area contributed by atoms with E-state index in [0.717, 1.165) is 11.3 Å². The average Bonchev–Trinajstić information content (AvgIpc) is 2.50. The van der Waals surface area contributed by atoms with Crippen LogP contribution in [0.15, 0.2) is 42.5 Å². The number of aryl methyl sites for hydroxylation is 1. The van der Waals surface area contributed by atoms with Gasteiger partial charge in [-0.3, -0.25) is 0 Å². The van der Waals surface area contributed by atoms with E-state index in [1.165, 1.54) is 6.07 Å². The van der Waals surface area contributed by atoms with E-state index < -0.39 is 0 Å². The Morgan fingerprint density at radius 3 is 2.38 bits per heavy atom. The predicted octanol–water partition coefficient (Wildman–Crippen LogP) is 3.50. The molecule has 0 radical (unpaired) electrons. The van der Waals surface area contributed by atoms with E-state index in [1.54, 1.807) is 32.2 Å². The van der Waals surface area contributed by atoms with Crippen LogP contribution in [0.25, 0.3) is 0 Å². The van der Waals surface area contributed by atoms with Crippen LogP contribution in [-0.4, -0.2) is 13.1 Å². The third-order valence-corrected chi connectivity index (χ3v) is 3.10. The predicted molar refractivity (Wildman–Crippen MR) is 83.0 cm³/mol. The van der Waals surface area contributed by atoms with Gasteiger partial charge in [0.25, 0.3) is 0 Å². The minimum atomic E-state index is -0.258. The number of anilines is 2. The third kappa shape index (κ3) is 4.21. The fourth-order valence-corrected chi connectivity index (χ4v) is 1.82. The zero-order valence-corrected chi connectivity index (χ0v) is 12.0. The summed E-state index contributed by atoms with van der Waals surface area (Å²) in [7, 11) is 1.56. The zero-order valence-electron chi connectivity index (χ0n) is 12.0. The van der Waals surface area contributed by atoms with Gasteiger partial charge in [0.2, 0.25) is 0 Å². The van der Waals surface area contributed by atoms with Crippen LogP contribution in [0.3, 0.4) is 0 Å². The number of benzene rings is 2. The molecule has 0 spiro atoms. The molecule has 0 aromatic heterocycles. The molecule has 0 atom stereocenters. The smallest absolute Gasteiger partial charge is 0.318 e. The van der Waals surface area contributed by atoms with Gasteiger partial charge in [0.1, 0.15) is 5.82 Å². The molecule has 0 heterocycles. The van der Waals surface area contributed by atoms with Crippen molar-refractivity contribution >= 4 is 17.4 Å². The molecule has 2 aromatic carbocycles. The van der Waals surface area contributed by atoms with Crippen molar-refractivity contribution in [3.8, 4) is 0 Å². The Kier molecular flexibility index (Phi) is 4.77. The standard InChI is InChI=1S/C16H18FN3O/c1-11-3-4-12(9-15(11)17)10-19-13-5-7-14(8-6-13)20-16(21)18-2/h3-9,19H,10H2,1-2H3,(H2,18,20,21). The first kappa shape index (κ1) is 14.8. The second-order valence-corrected chi connectivity index (χ2v) is 4.72. The topological polar surface area (TPSA) is 53.2 Å². The Morgan fingerprint density at radius 2 is 1.76 bits per heavy atom. The fraction of sp³-hybridized carbons (Fsp3) is 0.188. The van der Waals surface area contributed by atoms with Crippen LogP contribution in [-0.2, 0) is 6.54 Å². The number of amides is 2. The van der Waals surface area contributed by atoms with Crippen molar-refractivity contribution in [2.45, 2.75) is 13.5 Å². The molecular formula is C16H18FN3O. The van der Waals surface area contributed by atoms with Crippen molar-refractivity contribution in [1.82, 2.24) is 5.32 Å². The molecule has 0 bridgehead atoms. The Morgan fingerprint density at radius 1 is 1.10 bits per heavy atom. The molecular weight excluding hydrogens is 269 g/mol. The van der Waals surface area contributed by atoms with Gasteiger partial charge < -0.3 is 16.0 Å². The van der Waals surface area contributed by atoms with Crippen LogP contribution >= 0.6 is 0 Å². The molecule has 0 fully saturated rings. The molecule has 5 heteroatoms. The Bertz CT molecular complexity index is 626. The maximum absolute atomic E-state index is 13.4. The highest BCUT2D eigenvalue weighted by molar-refractivity contribution is 5.89. The fourth-order valence-electron chi connectivity index (χ4n) is 1.82. The first-order valence-electron chi connectivity index (χ1n) is 6.66. The van der Waals surface area contributed by atoms with Crippen molar-refractivity contribution in [3.05, 3.63) is 59.4 Å². The minimum absolute atomic E-state index is 0.195. The maximum atomic E-state index is 13.4. The monoisotopic (exact) mass is 287 g/mol. The number of carbonyl (C=O) groups is 1. The highest BCUT2D eigenvalue weighted by atomic mass is 19.1. The number of halogens is 1. The third-order valence-electron chi connectivity index (χ3n) is 3.10. The summed E-state index contributed by atoms with van der Waals surface area (Å²) < 4.78 is 13.4. The number of rotatable bonds is 4. The summed E-state index contributed by atoms with van der Waals surface area (Å²) in [5.74, 6) is -0.195. The highest BCUT2D eigenvalue weighted by Gasteiger charge is 2.01. The second-order valence-electron chi connectivity index (χ2n) is 4.72. The average molecular weight is 287 g/mol. The number of carbonyl (C=O) groups excluding carboxylic acids is 1. The van der Waals surface area contributed by atoms with Crippen molar-refractivity contribution in [2.24, 2.45) is 0 Å². The molecule has 110 valence electrons. The summed E-state index contributed by atoms with van der Waals surface area (Å²) in [5, 5.41) is 8.37. The van der Waals surface area contributed by atoms with Crippen molar-refractivity contribution < 1.29 is 9.18 Å². The number of urea groups is 1. The van der Waals surface area contributed by atoms with E-state index in [0.29, 0.717) is 17.8 Å². The van der Waals surface area contributed by atoms with Gasteiger partial charge in [-0.1, -0.05) is 12.1 Å². The molecule has 0 aliphatic carbocycles. The SMILES string of the molecule is CNC(=O)Nc1ccc(NCc2ccc(C)c(F)c2)cc1. The van der Waals surface area contributed by atoms with E-state index in [-0.39, 0.29) is 11.8 Å². The molecule has 0 aliphatic rings. The largest absolute Gasteiger partial charge is 0.381 e. The summed E-state index contributed by atoms with van der Waals surface area (Å²) in [6, 6.07) is 12.2. The molecule has 0 saturated carbocycles. The van der Waals surface area contributed by atoms with E-state index in [2.05, 4.69) is 16.0 Å². The summed E-state index contributed by atoms with van der Waals surface area (Å²) in [5.41, 5.74) is 3.13. The Balaban J connectivity index is 1.94. The zero-order chi connectivity index (χ0) is 15.2. The first-order valence-corrected chi connectivity index (χ1v) is 6.66. The van der Waals surface area contributed by atoms with Gasteiger partial charge in [-0.25, -0.2) is 9.18 Å². The molecule has 0 saturated heterocycles. The summed E-state index contributed by atoms with van der Waals surface area (Å²) in [4.78, 5) is 11.2. The van der Waals surface area contributed by atoms with Crippen molar-refractivity contribution in [2.75, 3.05) is 17.7 Å². The van der Waals surface area contributed by atoms with E-state index in [1.807, 2.05) is 18.2 Å². The summed E-state index contributed by atoms with van der Waals surface area (Å²) in [6.07, 6.45) is 0. The van der Waals surface area contributed by atoms with Crippen molar-refractivity contribution in [1.29, 1.82) is 0 Å². The number of hydrogen-bond acceptors (Lipinski definition) is 2. The van der Waals surface area contributed by atoms with Crippen LogP contribution in [0.1, 0.15) is 11.1 Å². The van der Waals surface area contributed by atoms with E-state index >= 15 is 0 Å². The summed E-state index contributed by atoms with van der Waals surface area (Å²) >= 11 is 0. The molecule has 0 unspecified atom stereocenters. The van der Waals surface area contributed by atoms with Gasteiger partial charge in [-0.15, -0.1) is 0 Å². The summed E-state index contributed by atoms with van der Waals surface area (Å²) in [6.45, 7) is 2.28. The maximum Gasteiger partial charge on any atom is 0.318 e. The lowest BCUT2D eigenvalue weighted by Crippen LogP contribution is -2.24. The molecule has 2 aromatic rings. The quantitative estimate of drug-likeness (QED) is 0.806. The van der Waals surface area contributed by atoms with E-state index in [9.17, 15) is 9.18 Å². The van der Waals surface area contributed by atoms with E-state index in [4.69, 9.17) is 0 Å². The normalized spacial score (nSPS) is 10.0. The second kappa shape index (κ2) is 6.74. The highest BCUT2D eigenvalue weighted by Crippen LogP contribution is 2.15.